The van der Waals surface area contributed by atoms with Gasteiger partial charge in [-0.25, -0.2) is 9.37 Å². The lowest BCUT2D eigenvalue weighted by Gasteiger charge is -2.12. The van der Waals surface area contributed by atoms with Crippen LogP contribution >= 0.6 is 11.6 Å². The Morgan fingerprint density at radius 3 is 2.50 bits per heavy atom. The molecule has 0 saturated carbocycles. The van der Waals surface area contributed by atoms with Crippen molar-refractivity contribution in [2.45, 2.75) is 19.6 Å². The summed E-state index contributed by atoms with van der Waals surface area (Å²) >= 11 is 5.82. The third kappa shape index (κ3) is 4.97. The number of fused-ring (bicyclic) bond motifs is 1. The summed E-state index contributed by atoms with van der Waals surface area (Å²) in [6, 6.07) is 2.84. The molecule has 17 heteroatoms. The number of pyridine rings is 1. The number of nitrogens with two attached hydrogens (primary N) is 1. The van der Waals surface area contributed by atoms with E-state index in [1.54, 1.807) is 0 Å². The summed E-state index contributed by atoms with van der Waals surface area (Å²) in [4.78, 5) is 44.2. The van der Waals surface area contributed by atoms with Crippen molar-refractivity contribution in [1.29, 1.82) is 0 Å². The van der Waals surface area contributed by atoms with E-state index in [2.05, 4.69) is 30.9 Å². The van der Waals surface area contributed by atoms with Crippen molar-refractivity contribution in [1.82, 2.24) is 30.2 Å². The largest absolute Gasteiger partial charge is 0.437 e. The third-order valence-electron chi connectivity index (χ3n) is 5.24. The number of aromatic nitrogens is 5. The number of hydrogen-bond acceptors (Lipinski definition) is 8. The molecule has 0 saturated heterocycles. The SMILES string of the molecule is CNC(=O)c1nc(Cn2nc(C(F)(F)F)c(NC(=O)c3cc(C(N)=O)nc4cc(F)c(Cl)cc34)c2C)no1. The van der Waals surface area contributed by atoms with Crippen LogP contribution in [0.5, 0.6) is 0 Å². The number of halogens is 5. The van der Waals surface area contributed by atoms with Gasteiger partial charge in [-0.2, -0.15) is 23.3 Å². The lowest BCUT2D eigenvalue weighted by atomic mass is 10.1. The summed E-state index contributed by atoms with van der Waals surface area (Å²) in [7, 11) is 1.32. The number of hydrogen-bond donors (Lipinski definition) is 3. The number of nitrogens with zero attached hydrogens (tertiary/aromatic N) is 5. The van der Waals surface area contributed by atoms with Crippen LogP contribution < -0.4 is 16.4 Å². The number of carbonyl (C=O) groups excluding carboxylic acids is 3. The summed E-state index contributed by atoms with van der Waals surface area (Å²) in [5.74, 6) is -4.36. The normalized spacial score (nSPS) is 11.6. The van der Waals surface area contributed by atoms with Gasteiger partial charge in [0, 0.05) is 18.5 Å². The molecule has 0 atom stereocenters. The van der Waals surface area contributed by atoms with Gasteiger partial charge in [-0.3, -0.25) is 19.1 Å². The highest BCUT2D eigenvalue weighted by Gasteiger charge is 2.39. The second-order valence-electron chi connectivity index (χ2n) is 7.72. The van der Waals surface area contributed by atoms with Gasteiger partial charge in [-0.05, 0) is 19.1 Å². The molecule has 0 unspecified atom stereocenters. The van der Waals surface area contributed by atoms with Gasteiger partial charge in [0.15, 0.2) is 11.5 Å². The molecule has 0 radical (unpaired) electrons. The molecular weight excluding hydrogens is 540 g/mol. The van der Waals surface area contributed by atoms with Crippen LogP contribution in [-0.2, 0) is 12.7 Å². The average molecular weight is 555 g/mol. The summed E-state index contributed by atoms with van der Waals surface area (Å²) in [5.41, 5.74) is 1.97. The second-order valence-corrected chi connectivity index (χ2v) is 8.12. The van der Waals surface area contributed by atoms with Crippen molar-refractivity contribution in [3.8, 4) is 0 Å². The highest BCUT2D eigenvalue weighted by Crippen LogP contribution is 2.36. The molecule has 4 rings (SSSR count). The summed E-state index contributed by atoms with van der Waals surface area (Å²) in [6.07, 6.45) is -5.01. The Kier molecular flexibility index (Phi) is 6.75. The Labute approximate surface area is 214 Å². The molecule has 38 heavy (non-hydrogen) atoms. The van der Waals surface area contributed by atoms with Crippen LogP contribution in [0, 0.1) is 12.7 Å². The van der Waals surface area contributed by atoms with Gasteiger partial charge in [0.2, 0.25) is 0 Å². The van der Waals surface area contributed by atoms with E-state index < -0.39 is 64.2 Å². The Morgan fingerprint density at radius 2 is 1.87 bits per heavy atom. The topological polar surface area (TPSA) is 171 Å². The second kappa shape index (κ2) is 9.70. The molecule has 3 amide bonds. The summed E-state index contributed by atoms with van der Waals surface area (Å²) < 4.78 is 61.1. The van der Waals surface area contributed by atoms with Gasteiger partial charge >= 0.3 is 18.0 Å². The van der Waals surface area contributed by atoms with Gasteiger partial charge in [0.25, 0.3) is 11.8 Å². The monoisotopic (exact) mass is 554 g/mol. The maximum absolute atomic E-state index is 14.0. The van der Waals surface area contributed by atoms with Crippen LogP contribution in [0.4, 0.5) is 23.2 Å². The molecule has 4 aromatic rings. The average Bonchev–Trinajstić information content (AvgIpc) is 3.44. The van der Waals surface area contributed by atoms with Gasteiger partial charge in [0.05, 0.1) is 27.5 Å². The minimum Gasteiger partial charge on any atom is -0.364 e. The highest BCUT2D eigenvalue weighted by atomic mass is 35.5. The fraction of sp³-hybridized carbons (Fsp3) is 0.190. The summed E-state index contributed by atoms with van der Waals surface area (Å²) in [5, 5.41) is 11.0. The molecule has 198 valence electrons. The maximum atomic E-state index is 14.0. The number of primary amides is 1. The molecule has 1 aromatic carbocycles. The lowest BCUT2D eigenvalue weighted by Crippen LogP contribution is -2.19. The zero-order valence-corrected chi connectivity index (χ0v) is 20.0. The Hall–Kier alpha value is -4.60. The predicted molar refractivity (Wildman–Crippen MR) is 122 cm³/mol. The Balaban J connectivity index is 1.77. The number of anilines is 1. The van der Waals surface area contributed by atoms with Gasteiger partial charge in [-0.15, -0.1) is 0 Å². The quantitative estimate of drug-likeness (QED) is 0.305. The molecule has 0 spiro atoms. The van der Waals surface area contributed by atoms with Crippen molar-refractivity contribution in [2.75, 3.05) is 12.4 Å². The Bertz CT molecular complexity index is 1610. The molecule has 12 nitrogen and oxygen atoms in total. The van der Waals surface area contributed by atoms with E-state index in [4.69, 9.17) is 21.9 Å². The first-order chi connectivity index (χ1) is 17.8. The standard InChI is InChI=1S/C21H15ClF4N8O4/c1-7-15(16(21(24,25)26)32-34(7)6-14-30-20(38-33-14)19(37)28-2)31-18(36)9-4-13(17(27)35)29-12-5-11(23)10(22)3-8(9)12/h3-5H,6H2,1-2H3,(H2,27,35)(H,28,37)(H,31,36). The molecule has 0 aliphatic heterocycles. The first kappa shape index (κ1) is 26.5. The molecular formula is C21H15ClF4N8O4. The molecule has 0 bridgehead atoms. The molecule has 0 fully saturated rings. The number of nitrogens with one attached hydrogen (secondary N) is 2. The maximum Gasteiger partial charge on any atom is 0.437 e. The highest BCUT2D eigenvalue weighted by molar-refractivity contribution is 6.31. The van der Waals surface area contributed by atoms with Crippen LogP contribution in [0.15, 0.2) is 22.7 Å². The van der Waals surface area contributed by atoms with E-state index in [1.807, 2.05) is 0 Å². The van der Waals surface area contributed by atoms with E-state index in [0.717, 1.165) is 22.9 Å². The Morgan fingerprint density at radius 1 is 1.16 bits per heavy atom. The van der Waals surface area contributed by atoms with Gasteiger partial charge in [-0.1, -0.05) is 16.8 Å². The third-order valence-corrected chi connectivity index (χ3v) is 5.53. The van der Waals surface area contributed by atoms with E-state index in [1.165, 1.54) is 14.0 Å². The van der Waals surface area contributed by atoms with Crippen LogP contribution in [0.25, 0.3) is 10.9 Å². The minimum atomic E-state index is -5.01. The first-order valence-corrected chi connectivity index (χ1v) is 10.8. The zero-order chi connectivity index (χ0) is 27.9. The van der Waals surface area contributed by atoms with Crippen LogP contribution in [0.2, 0.25) is 5.02 Å². The van der Waals surface area contributed by atoms with Crippen molar-refractivity contribution >= 4 is 45.9 Å². The number of alkyl halides is 3. The smallest absolute Gasteiger partial charge is 0.364 e. The van der Waals surface area contributed by atoms with Gasteiger partial charge < -0.3 is 20.9 Å². The van der Waals surface area contributed by atoms with Crippen LogP contribution in [-0.4, -0.2) is 49.7 Å². The van der Waals surface area contributed by atoms with Crippen LogP contribution in [0.3, 0.4) is 0 Å². The van der Waals surface area contributed by atoms with Crippen molar-refractivity contribution < 1.29 is 36.5 Å². The number of amides is 3. The molecule has 3 aromatic heterocycles. The van der Waals surface area contributed by atoms with Crippen LogP contribution in [0.1, 0.15) is 48.7 Å². The summed E-state index contributed by atoms with van der Waals surface area (Å²) in [6.45, 7) is 0.799. The number of rotatable bonds is 6. The minimum absolute atomic E-state index is 0.0500. The fourth-order valence-electron chi connectivity index (χ4n) is 3.42. The zero-order valence-electron chi connectivity index (χ0n) is 19.3. The molecule has 4 N–H and O–H groups in total. The van der Waals surface area contributed by atoms with E-state index in [-0.39, 0.29) is 28.0 Å². The number of benzene rings is 1. The van der Waals surface area contributed by atoms with Gasteiger partial charge in [0.1, 0.15) is 18.1 Å². The van der Waals surface area contributed by atoms with E-state index >= 15 is 0 Å². The van der Waals surface area contributed by atoms with E-state index in [9.17, 15) is 31.9 Å². The molecule has 3 heterocycles. The molecule has 0 aliphatic rings. The predicted octanol–water partition coefficient (Wildman–Crippen LogP) is 2.69. The van der Waals surface area contributed by atoms with Crippen molar-refractivity contribution in [3.05, 3.63) is 63.4 Å². The fourth-order valence-corrected chi connectivity index (χ4v) is 3.58. The van der Waals surface area contributed by atoms with E-state index in [0.29, 0.717) is 0 Å². The lowest BCUT2D eigenvalue weighted by molar-refractivity contribution is -0.140. The molecule has 0 aliphatic carbocycles. The van der Waals surface area contributed by atoms with Crippen molar-refractivity contribution in [2.24, 2.45) is 5.73 Å². The number of carbonyl (C=O) groups is 3. The van der Waals surface area contributed by atoms with Crippen molar-refractivity contribution in [3.63, 3.8) is 0 Å². The first-order valence-electron chi connectivity index (χ1n) is 10.4.